The molecule has 0 saturated carbocycles. The lowest BCUT2D eigenvalue weighted by Gasteiger charge is -2.30. The summed E-state index contributed by atoms with van der Waals surface area (Å²) in [6.07, 6.45) is 8.33. The van der Waals surface area contributed by atoms with E-state index >= 15 is 0 Å². The molecule has 0 atom stereocenters. The first-order chi connectivity index (χ1) is 30.0. The van der Waals surface area contributed by atoms with Crippen molar-refractivity contribution in [2.24, 2.45) is 0 Å². The molecule has 0 fully saturated rings. The standard InChI is InChI=1S/C58H43N3/c1-5-19-37(6-2)55-59-56(38-20-9-8-10-21-38)61-57(60-55)41(7-3)54-36(4)42-22-11-12-23-43(42)44-32-30-39(35-49(44)54)40-31-33-53-48(34-40)47-26-15-18-29-52(47)58(53)50-27-16-13-24-45(50)46-25-14-17-28-51(46)58/h5-35H,1-4H3/b19-5-,37-6+,41-7+. The van der Waals surface area contributed by atoms with Crippen LogP contribution in [-0.2, 0) is 5.41 Å². The van der Waals surface area contributed by atoms with E-state index in [4.69, 9.17) is 15.0 Å². The Morgan fingerprint density at radius 1 is 0.443 bits per heavy atom. The van der Waals surface area contributed by atoms with Crippen LogP contribution in [0.5, 0.6) is 0 Å². The van der Waals surface area contributed by atoms with E-state index in [0.717, 1.165) is 27.8 Å². The highest BCUT2D eigenvalue weighted by atomic mass is 15.0. The molecular formula is C58H43N3. The van der Waals surface area contributed by atoms with E-state index in [-0.39, 0.29) is 5.41 Å². The van der Waals surface area contributed by atoms with Gasteiger partial charge in [0.05, 0.1) is 5.41 Å². The fourth-order valence-electron chi connectivity index (χ4n) is 10.4. The van der Waals surface area contributed by atoms with E-state index in [0.29, 0.717) is 17.5 Å². The Hall–Kier alpha value is -7.49. The minimum absolute atomic E-state index is 0.368. The van der Waals surface area contributed by atoms with Gasteiger partial charge in [0.25, 0.3) is 0 Å². The van der Waals surface area contributed by atoms with Gasteiger partial charge in [0.2, 0.25) is 0 Å². The predicted octanol–water partition coefficient (Wildman–Crippen LogP) is 14.6. The van der Waals surface area contributed by atoms with Gasteiger partial charge in [-0.3, -0.25) is 0 Å². The molecule has 61 heavy (non-hydrogen) atoms. The van der Waals surface area contributed by atoms with Crippen molar-refractivity contribution in [3.8, 4) is 44.8 Å². The van der Waals surface area contributed by atoms with Crippen molar-refractivity contribution in [3.05, 3.63) is 233 Å². The van der Waals surface area contributed by atoms with Gasteiger partial charge in [-0.1, -0.05) is 176 Å². The normalized spacial score (nSPS) is 13.8. The Morgan fingerprint density at radius 3 is 1.64 bits per heavy atom. The van der Waals surface area contributed by atoms with Crippen LogP contribution >= 0.6 is 0 Å². The number of hydrogen-bond acceptors (Lipinski definition) is 3. The van der Waals surface area contributed by atoms with Crippen LogP contribution in [0, 0.1) is 6.92 Å². The van der Waals surface area contributed by atoms with Gasteiger partial charge in [-0.05, 0) is 128 Å². The van der Waals surface area contributed by atoms with Gasteiger partial charge in [-0.2, -0.15) is 0 Å². The molecule has 8 aromatic carbocycles. The van der Waals surface area contributed by atoms with E-state index in [2.05, 4.69) is 178 Å². The van der Waals surface area contributed by atoms with Crippen molar-refractivity contribution in [1.82, 2.24) is 15.0 Å². The maximum absolute atomic E-state index is 5.22. The van der Waals surface area contributed by atoms with Gasteiger partial charge < -0.3 is 0 Å². The van der Waals surface area contributed by atoms with Crippen LogP contribution in [0.25, 0.3) is 77.5 Å². The first kappa shape index (κ1) is 36.6. The zero-order valence-electron chi connectivity index (χ0n) is 34.7. The first-order valence-corrected chi connectivity index (χ1v) is 21.2. The molecule has 0 aliphatic heterocycles. The second-order valence-corrected chi connectivity index (χ2v) is 16.1. The van der Waals surface area contributed by atoms with Gasteiger partial charge in [0.1, 0.15) is 0 Å². The van der Waals surface area contributed by atoms with Gasteiger partial charge in [-0.25, -0.2) is 15.0 Å². The monoisotopic (exact) mass is 781 g/mol. The molecule has 1 spiro atoms. The Labute approximate surface area is 357 Å². The summed E-state index contributed by atoms with van der Waals surface area (Å²) in [5.41, 5.74) is 17.8. The third-order valence-corrected chi connectivity index (χ3v) is 13.0. The Kier molecular flexibility index (Phi) is 8.61. The van der Waals surface area contributed by atoms with Crippen molar-refractivity contribution in [2.45, 2.75) is 33.1 Å². The summed E-state index contributed by atoms with van der Waals surface area (Å²) in [5, 5.41) is 4.81. The van der Waals surface area contributed by atoms with Crippen LogP contribution < -0.4 is 0 Å². The molecule has 0 radical (unpaired) electrons. The number of rotatable bonds is 6. The van der Waals surface area contributed by atoms with E-state index in [9.17, 15) is 0 Å². The Balaban J connectivity index is 1.13. The smallest absolute Gasteiger partial charge is 0.164 e. The van der Waals surface area contributed by atoms with Gasteiger partial charge in [0, 0.05) is 16.7 Å². The average Bonchev–Trinajstić information content (AvgIpc) is 3.79. The number of allylic oxidation sites excluding steroid dienone is 5. The Morgan fingerprint density at radius 2 is 0.984 bits per heavy atom. The fraction of sp³-hybridized carbons (Fsp3) is 0.0862. The van der Waals surface area contributed by atoms with Crippen molar-refractivity contribution in [2.75, 3.05) is 0 Å². The van der Waals surface area contributed by atoms with Crippen molar-refractivity contribution in [3.63, 3.8) is 0 Å². The molecule has 0 bridgehead atoms. The second-order valence-electron chi connectivity index (χ2n) is 16.1. The molecule has 3 nitrogen and oxygen atoms in total. The Bertz CT molecular complexity index is 3300. The summed E-state index contributed by atoms with van der Waals surface area (Å²) in [6.45, 7) is 8.39. The molecule has 2 aliphatic carbocycles. The highest BCUT2D eigenvalue weighted by Crippen LogP contribution is 2.63. The number of aromatic nitrogens is 3. The molecule has 290 valence electrons. The predicted molar refractivity (Wildman–Crippen MR) is 254 cm³/mol. The zero-order valence-corrected chi connectivity index (χ0v) is 34.7. The van der Waals surface area contributed by atoms with Crippen LogP contribution in [0.4, 0.5) is 0 Å². The maximum atomic E-state index is 5.22. The van der Waals surface area contributed by atoms with Crippen LogP contribution in [0.2, 0.25) is 0 Å². The second kappa shape index (κ2) is 14.4. The third-order valence-electron chi connectivity index (χ3n) is 13.0. The molecule has 0 N–H and O–H groups in total. The molecule has 2 aliphatic rings. The SMILES string of the molecule is C/C=C\C(=C/C)c1nc(/C(=C/C)c2c(C)c3ccccc3c3ccc(-c4ccc5c(c4)-c4ccccc4C54c5ccccc5-c5ccccc54)cc23)nc(-c2ccccc2)n1. The minimum Gasteiger partial charge on any atom is -0.208 e. The highest BCUT2D eigenvalue weighted by molar-refractivity contribution is 6.15. The molecule has 1 aromatic heterocycles. The summed E-state index contributed by atoms with van der Waals surface area (Å²) in [4.78, 5) is 15.5. The van der Waals surface area contributed by atoms with Crippen LogP contribution in [0.15, 0.2) is 188 Å². The lowest BCUT2D eigenvalue weighted by atomic mass is 9.70. The zero-order chi connectivity index (χ0) is 41.2. The van der Waals surface area contributed by atoms with Crippen molar-refractivity contribution >= 4 is 32.7 Å². The quantitative estimate of drug-likeness (QED) is 0.125. The van der Waals surface area contributed by atoms with Gasteiger partial charge in [0.15, 0.2) is 17.5 Å². The largest absolute Gasteiger partial charge is 0.208 e. The summed E-state index contributed by atoms with van der Waals surface area (Å²) in [6, 6.07) is 60.2. The fourth-order valence-corrected chi connectivity index (χ4v) is 10.4. The van der Waals surface area contributed by atoms with Gasteiger partial charge >= 0.3 is 0 Å². The summed E-state index contributed by atoms with van der Waals surface area (Å²) >= 11 is 0. The minimum atomic E-state index is -0.368. The number of fused-ring (bicyclic) bond motifs is 13. The molecule has 0 saturated heterocycles. The van der Waals surface area contributed by atoms with Crippen LogP contribution in [-0.4, -0.2) is 15.0 Å². The van der Waals surface area contributed by atoms with E-state index in [1.54, 1.807) is 0 Å². The van der Waals surface area contributed by atoms with E-state index < -0.39 is 0 Å². The first-order valence-electron chi connectivity index (χ1n) is 21.2. The maximum Gasteiger partial charge on any atom is 0.164 e. The van der Waals surface area contributed by atoms with E-state index in [1.165, 1.54) is 77.2 Å². The number of aryl methyl sites for hydroxylation is 1. The molecule has 3 heteroatoms. The molecule has 1 heterocycles. The van der Waals surface area contributed by atoms with Crippen molar-refractivity contribution < 1.29 is 0 Å². The summed E-state index contributed by atoms with van der Waals surface area (Å²) in [5.74, 6) is 1.95. The van der Waals surface area contributed by atoms with Crippen LogP contribution in [0.3, 0.4) is 0 Å². The number of benzene rings is 8. The highest BCUT2D eigenvalue weighted by Gasteiger charge is 2.51. The number of nitrogens with zero attached hydrogens (tertiary/aromatic N) is 3. The number of hydrogen-bond donors (Lipinski definition) is 0. The molecule has 11 rings (SSSR count). The van der Waals surface area contributed by atoms with Crippen LogP contribution in [0.1, 0.15) is 65.8 Å². The molecular weight excluding hydrogens is 739 g/mol. The lowest BCUT2D eigenvalue weighted by molar-refractivity contribution is 0.794. The molecule has 9 aromatic rings. The third kappa shape index (κ3) is 5.40. The topological polar surface area (TPSA) is 38.7 Å². The van der Waals surface area contributed by atoms with E-state index in [1.807, 2.05) is 38.1 Å². The summed E-state index contributed by atoms with van der Waals surface area (Å²) < 4.78 is 0. The molecule has 0 unspecified atom stereocenters. The van der Waals surface area contributed by atoms with Gasteiger partial charge in [-0.15, -0.1) is 0 Å². The lowest BCUT2D eigenvalue weighted by Crippen LogP contribution is -2.25. The summed E-state index contributed by atoms with van der Waals surface area (Å²) in [7, 11) is 0. The van der Waals surface area contributed by atoms with Crippen molar-refractivity contribution in [1.29, 1.82) is 0 Å². The average molecular weight is 782 g/mol. The molecule has 0 amide bonds.